The molecule has 2 saturated carbocycles. The number of amides is 1. The molecule has 6 nitrogen and oxygen atoms in total. The minimum absolute atomic E-state index is 0.0626. The molecule has 4 rings (SSSR count). The minimum atomic E-state index is -4.51. The predicted molar refractivity (Wildman–Crippen MR) is 92.3 cm³/mol. The molecule has 0 aromatic carbocycles. The van der Waals surface area contributed by atoms with Gasteiger partial charge in [-0.05, 0) is 38.7 Å². The summed E-state index contributed by atoms with van der Waals surface area (Å²) >= 11 is 0. The van der Waals surface area contributed by atoms with Crippen molar-refractivity contribution in [2.24, 2.45) is 0 Å². The Bertz CT molecular complexity index is 844. The van der Waals surface area contributed by atoms with E-state index in [1.54, 1.807) is 6.07 Å². The van der Waals surface area contributed by atoms with E-state index in [1.807, 2.05) is 11.6 Å². The molecule has 0 radical (unpaired) electrons. The lowest BCUT2D eigenvalue weighted by Crippen LogP contribution is -2.23. The van der Waals surface area contributed by atoms with E-state index in [2.05, 4.69) is 15.5 Å². The second kappa shape index (κ2) is 6.69. The summed E-state index contributed by atoms with van der Waals surface area (Å²) in [6.07, 6.45) is 1.46. The van der Waals surface area contributed by atoms with Crippen molar-refractivity contribution < 1.29 is 18.0 Å². The maximum atomic E-state index is 13.0. The van der Waals surface area contributed by atoms with E-state index in [4.69, 9.17) is 0 Å². The molecule has 0 bridgehead atoms. The number of aryl methyl sites for hydroxylation is 1. The zero-order valence-electron chi connectivity index (χ0n) is 15.1. The molecule has 2 aliphatic carbocycles. The Balaban J connectivity index is 1.51. The van der Waals surface area contributed by atoms with Crippen LogP contribution < -0.4 is 5.32 Å². The van der Waals surface area contributed by atoms with Crippen LogP contribution in [0.2, 0.25) is 0 Å². The summed E-state index contributed by atoms with van der Waals surface area (Å²) < 4.78 is 42.0. The highest BCUT2D eigenvalue weighted by Crippen LogP contribution is 2.42. The van der Waals surface area contributed by atoms with E-state index in [1.165, 1.54) is 4.68 Å². The predicted octanol–water partition coefficient (Wildman–Crippen LogP) is 4.04. The summed E-state index contributed by atoms with van der Waals surface area (Å²) in [5.74, 6) is 0.265. The Kier molecular flexibility index (Phi) is 4.47. The highest BCUT2D eigenvalue weighted by molar-refractivity contribution is 5.89. The Morgan fingerprint density at radius 1 is 1.19 bits per heavy atom. The molecule has 1 N–H and O–H groups in total. The Hall–Kier alpha value is -2.32. The second-order valence-electron chi connectivity index (χ2n) is 7.49. The molecular formula is C18H22F3N5O. The molecule has 2 heterocycles. The van der Waals surface area contributed by atoms with Gasteiger partial charge in [0.05, 0.1) is 11.7 Å². The Morgan fingerprint density at radius 3 is 2.52 bits per heavy atom. The van der Waals surface area contributed by atoms with Gasteiger partial charge in [-0.2, -0.15) is 23.4 Å². The third-order valence-corrected chi connectivity index (χ3v) is 5.19. The van der Waals surface area contributed by atoms with Gasteiger partial charge in [0, 0.05) is 17.7 Å². The lowest BCUT2D eigenvalue weighted by Gasteiger charge is -2.15. The highest BCUT2D eigenvalue weighted by atomic mass is 19.4. The van der Waals surface area contributed by atoms with Gasteiger partial charge >= 0.3 is 6.18 Å². The van der Waals surface area contributed by atoms with Crippen molar-refractivity contribution in [1.29, 1.82) is 0 Å². The van der Waals surface area contributed by atoms with Crippen LogP contribution in [0.4, 0.5) is 19.0 Å². The largest absolute Gasteiger partial charge is 0.435 e. The molecule has 2 aromatic heterocycles. The zero-order chi connectivity index (χ0) is 19.2. The van der Waals surface area contributed by atoms with Crippen LogP contribution >= 0.6 is 0 Å². The molecule has 2 aromatic rings. The monoisotopic (exact) mass is 381 g/mol. The minimum Gasteiger partial charge on any atom is -0.309 e. The van der Waals surface area contributed by atoms with Gasteiger partial charge < -0.3 is 5.32 Å². The summed E-state index contributed by atoms with van der Waals surface area (Å²) in [5.41, 5.74) is 0.344. The fourth-order valence-corrected chi connectivity index (χ4v) is 3.76. The molecule has 2 aliphatic rings. The average Bonchev–Trinajstić information content (AvgIpc) is 2.97. The van der Waals surface area contributed by atoms with Crippen LogP contribution in [-0.4, -0.2) is 25.5 Å². The first-order valence-electron chi connectivity index (χ1n) is 9.32. The van der Waals surface area contributed by atoms with Gasteiger partial charge in [0.1, 0.15) is 12.4 Å². The SMILES string of the molecule is Cc1cc(NC(=O)Cn2nc(C(F)(F)F)cc2C2CC2)n(C2CCCC2)n1. The summed E-state index contributed by atoms with van der Waals surface area (Å²) in [6, 6.07) is 3.12. The number of nitrogens with zero attached hydrogens (tertiary/aromatic N) is 4. The van der Waals surface area contributed by atoms with Crippen LogP contribution in [0.1, 0.15) is 67.6 Å². The van der Waals surface area contributed by atoms with Gasteiger partial charge in [0.2, 0.25) is 5.91 Å². The number of rotatable bonds is 5. The van der Waals surface area contributed by atoms with Crippen LogP contribution in [0.5, 0.6) is 0 Å². The molecule has 27 heavy (non-hydrogen) atoms. The third-order valence-electron chi connectivity index (χ3n) is 5.19. The quantitative estimate of drug-likeness (QED) is 0.850. The number of alkyl halides is 3. The normalized spacial score (nSPS) is 18.2. The van der Waals surface area contributed by atoms with E-state index in [9.17, 15) is 18.0 Å². The van der Waals surface area contributed by atoms with E-state index in [0.717, 1.165) is 50.3 Å². The first-order chi connectivity index (χ1) is 12.8. The molecule has 0 spiro atoms. The Morgan fingerprint density at radius 2 is 1.89 bits per heavy atom. The van der Waals surface area contributed by atoms with Crippen molar-refractivity contribution >= 4 is 11.7 Å². The smallest absolute Gasteiger partial charge is 0.309 e. The number of halogens is 3. The van der Waals surface area contributed by atoms with Crippen LogP contribution in [0.15, 0.2) is 12.1 Å². The van der Waals surface area contributed by atoms with Crippen LogP contribution in [0.25, 0.3) is 0 Å². The van der Waals surface area contributed by atoms with Crippen molar-refractivity contribution in [2.75, 3.05) is 5.32 Å². The first kappa shape index (κ1) is 18.1. The van der Waals surface area contributed by atoms with Gasteiger partial charge in [-0.25, -0.2) is 4.68 Å². The maximum Gasteiger partial charge on any atom is 0.435 e. The second-order valence-corrected chi connectivity index (χ2v) is 7.49. The van der Waals surface area contributed by atoms with Crippen molar-refractivity contribution in [1.82, 2.24) is 19.6 Å². The van der Waals surface area contributed by atoms with Crippen LogP contribution in [-0.2, 0) is 17.5 Å². The number of carbonyl (C=O) groups excluding carboxylic acids is 1. The third kappa shape index (κ3) is 3.86. The first-order valence-corrected chi connectivity index (χ1v) is 9.32. The average molecular weight is 381 g/mol. The Labute approximate surface area is 154 Å². The fourth-order valence-electron chi connectivity index (χ4n) is 3.76. The molecule has 0 aliphatic heterocycles. The summed E-state index contributed by atoms with van der Waals surface area (Å²) in [5, 5.41) is 10.9. The fraction of sp³-hybridized carbons (Fsp3) is 0.611. The van der Waals surface area contributed by atoms with Crippen molar-refractivity contribution in [2.45, 2.75) is 70.1 Å². The van der Waals surface area contributed by atoms with Gasteiger partial charge in [-0.15, -0.1) is 0 Å². The number of nitrogens with one attached hydrogen (secondary N) is 1. The molecule has 0 atom stereocenters. The van der Waals surface area contributed by atoms with Gasteiger partial charge in [0.25, 0.3) is 0 Å². The van der Waals surface area contributed by atoms with Crippen LogP contribution in [0, 0.1) is 6.92 Å². The number of carbonyl (C=O) groups is 1. The topological polar surface area (TPSA) is 64.7 Å². The molecule has 2 fully saturated rings. The van der Waals surface area contributed by atoms with Crippen LogP contribution in [0.3, 0.4) is 0 Å². The summed E-state index contributed by atoms with van der Waals surface area (Å²) in [7, 11) is 0. The van der Waals surface area contributed by atoms with E-state index >= 15 is 0 Å². The van der Waals surface area contributed by atoms with Crippen molar-refractivity contribution in [3.63, 3.8) is 0 Å². The maximum absolute atomic E-state index is 13.0. The van der Waals surface area contributed by atoms with E-state index in [-0.39, 0.29) is 18.5 Å². The standard InChI is InChI=1S/C18H22F3N5O/c1-11-8-16(26(23-11)13-4-2-3-5-13)22-17(27)10-25-14(12-6-7-12)9-15(24-25)18(19,20)21/h8-9,12-13H,2-7,10H2,1H3,(H,22,27). The number of aromatic nitrogens is 4. The molecular weight excluding hydrogens is 359 g/mol. The van der Waals surface area contributed by atoms with Crippen molar-refractivity contribution in [3.8, 4) is 0 Å². The van der Waals surface area contributed by atoms with E-state index in [0.29, 0.717) is 11.5 Å². The number of hydrogen-bond donors (Lipinski definition) is 1. The summed E-state index contributed by atoms with van der Waals surface area (Å²) in [4.78, 5) is 12.5. The molecule has 1 amide bonds. The lowest BCUT2D eigenvalue weighted by molar-refractivity contribution is -0.141. The molecule has 146 valence electrons. The zero-order valence-corrected chi connectivity index (χ0v) is 15.1. The molecule has 0 saturated heterocycles. The highest BCUT2D eigenvalue weighted by Gasteiger charge is 2.38. The van der Waals surface area contributed by atoms with Gasteiger partial charge in [-0.1, -0.05) is 12.8 Å². The van der Waals surface area contributed by atoms with E-state index < -0.39 is 17.8 Å². The van der Waals surface area contributed by atoms with Crippen molar-refractivity contribution in [3.05, 3.63) is 29.2 Å². The number of hydrogen-bond acceptors (Lipinski definition) is 3. The summed E-state index contributed by atoms with van der Waals surface area (Å²) in [6.45, 7) is 1.62. The molecule has 9 heteroatoms. The lowest BCUT2D eigenvalue weighted by atomic mass is 10.2. The number of anilines is 1. The molecule has 0 unspecified atom stereocenters. The van der Waals surface area contributed by atoms with Gasteiger partial charge in [-0.3, -0.25) is 9.48 Å². The van der Waals surface area contributed by atoms with Gasteiger partial charge in [0.15, 0.2) is 5.69 Å².